The van der Waals surface area contributed by atoms with E-state index in [2.05, 4.69) is 12.2 Å². The van der Waals surface area contributed by atoms with E-state index in [1.807, 2.05) is 41.5 Å². The number of fused-ring (bicyclic) bond motifs is 3. The second-order valence-corrected chi connectivity index (χ2v) is 9.96. The average Bonchev–Trinajstić information content (AvgIpc) is 2.75. The molecule has 1 N–H and O–H groups in total. The highest BCUT2D eigenvalue weighted by atomic mass is 16.5. The summed E-state index contributed by atoms with van der Waals surface area (Å²) in [5, 5.41) is 9.84. The van der Waals surface area contributed by atoms with Gasteiger partial charge in [0.05, 0.1) is 0 Å². The smallest absolute Gasteiger partial charge is 0.320 e. The molecular formula is C21H34O4. The van der Waals surface area contributed by atoms with E-state index < -0.39 is 17.9 Å². The van der Waals surface area contributed by atoms with Gasteiger partial charge in [0.25, 0.3) is 0 Å². The Labute approximate surface area is 152 Å². The summed E-state index contributed by atoms with van der Waals surface area (Å²) in [6, 6.07) is 0. The van der Waals surface area contributed by atoms with Gasteiger partial charge in [-0.25, -0.2) is 0 Å². The van der Waals surface area contributed by atoms with Gasteiger partial charge < -0.3 is 9.84 Å². The number of aliphatic carboxylic acids is 1. The molecule has 4 nitrogen and oxygen atoms in total. The van der Waals surface area contributed by atoms with Crippen molar-refractivity contribution in [3.8, 4) is 0 Å². The van der Waals surface area contributed by atoms with Gasteiger partial charge in [-0.05, 0) is 48.3 Å². The van der Waals surface area contributed by atoms with Crippen LogP contribution in [0.5, 0.6) is 0 Å². The first kappa shape index (κ1) is 20.0. The molecule has 2 bridgehead atoms. The molecule has 3 aliphatic carbocycles. The molecule has 0 aliphatic heterocycles. The summed E-state index contributed by atoms with van der Waals surface area (Å²) in [7, 11) is 0. The Morgan fingerprint density at radius 3 is 1.96 bits per heavy atom. The number of esters is 1. The molecule has 0 aromatic heterocycles. The minimum absolute atomic E-state index is 0.182. The van der Waals surface area contributed by atoms with Crippen LogP contribution in [0.25, 0.3) is 0 Å². The molecule has 4 atom stereocenters. The highest BCUT2D eigenvalue weighted by molar-refractivity contribution is 5.94. The number of ether oxygens (including phenoxy) is 1. The Morgan fingerprint density at radius 1 is 0.960 bits per heavy atom. The van der Waals surface area contributed by atoms with Crippen LogP contribution < -0.4 is 0 Å². The number of carbonyl (C=O) groups is 2. The number of hydrogen-bond acceptors (Lipinski definition) is 3. The lowest BCUT2D eigenvalue weighted by Gasteiger charge is -2.43. The van der Waals surface area contributed by atoms with E-state index in [0.29, 0.717) is 5.92 Å². The number of hydrogen-bond donors (Lipinski definition) is 1. The summed E-state index contributed by atoms with van der Waals surface area (Å²) in [5.41, 5.74) is -0.635. The predicted octanol–water partition coefficient (Wildman–Crippen LogP) is 4.68. The van der Waals surface area contributed by atoms with Crippen molar-refractivity contribution in [2.75, 3.05) is 0 Å². The van der Waals surface area contributed by atoms with Gasteiger partial charge >= 0.3 is 11.9 Å². The van der Waals surface area contributed by atoms with Crippen LogP contribution in [-0.4, -0.2) is 23.1 Å². The molecule has 1 saturated carbocycles. The van der Waals surface area contributed by atoms with E-state index in [-0.39, 0.29) is 28.8 Å². The molecule has 1 fully saturated rings. The van der Waals surface area contributed by atoms with Gasteiger partial charge in [0.15, 0.2) is 5.92 Å². The van der Waals surface area contributed by atoms with E-state index >= 15 is 0 Å². The molecule has 0 heterocycles. The fraction of sp³-hybridized carbons (Fsp3) is 0.810. The summed E-state index contributed by atoms with van der Waals surface area (Å²) in [5.74, 6) is -2.27. The molecule has 3 rings (SSSR count). The molecule has 3 aliphatic rings. The normalized spacial score (nSPS) is 27.9. The Balaban J connectivity index is 2.23. The zero-order chi connectivity index (χ0) is 19.0. The van der Waals surface area contributed by atoms with Crippen molar-refractivity contribution in [2.24, 2.45) is 34.5 Å². The van der Waals surface area contributed by atoms with Crippen LogP contribution in [0.3, 0.4) is 0 Å². The Bertz CT molecular complexity index is 521. The maximum atomic E-state index is 12.9. The van der Waals surface area contributed by atoms with Gasteiger partial charge in [-0.2, -0.15) is 0 Å². The number of rotatable bonds is 4. The molecule has 0 spiro atoms. The second kappa shape index (κ2) is 7.13. The zero-order valence-electron chi connectivity index (χ0n) is 16.5. The van der Waals surface area contributed by atoms with E-state index in [0.717, 1.165) is 25.7 Å². The van der Waals surface area contributed by atoms with Crippen molar-refractivity contribution < 1.29 is 19.4 Å². The first-order valence-electron chi connectivity index (χ1n) is 9.53. The minimum atomic E-state index is -1.13. The molecule has 25 heavy (non-hydrogen) atoms. The van der Waals surface area contributed by atoms with Crippen molar-refractivity contribution in [2.45, 2.75) is 73.3 Å². The van der Waals surface area contributed by atoms with E-state index in [9.17, 15) is 14.7 Å². The largest absolute Gasteiger partial charge is 0.481 e. The van der Waals surface area contributed by atoms with Crippen molar-refractivity contribution in [3.63, 3.8) is 0 Å². The van der Waals surface area contributed by atoms with Crippen molar-refractivity contribution >= 4 is 11.9 Å². The number of carboxylic acid groups (broad SMARTS) is 1. The van der Waals surface area contributed by atoms with Gasteiger partial charge in [0.2, 0.25) is 0 Å². The topological polar surface area (TPSA) is 63.6 Å². The maximum Gasteiger partial charge on any atom is 0.320 e. The summed E-state index contributed by atoms with van der Waals surface area (Å²) in [6.45, 7) is 12.0. The average molecular weight is 350 g/mol. The fourth-order valence-electron chi connectivity index (χ4n) is 5.09. The first-order chi connectivity index (χ1) is 11.4. The monoisotopic (exact) mass is 350 g/mol. The number of allylic oxidation sites excluding steroid dienone is 1. The van der Waals surface area contributed by atoms with E-state index in [1.54, 1.807) is 0 Å². The lowest BCUT2D eigenvalue weighted by molar-refractivity contribution is -0.172. The lowest BCUT2D eigenvalue weighted by atomic mass is 9.61. The summed E-state index contributed by atoms with van der Waals surface area (Å²) in [4.78, 5) is 25.0. The fourth-order valence-corrected chi connectivity index (χ4v) is 5.09. The first-order valence-corrected chi connectivity index (χ1v) is 9.53. The Morgan fingerprint density at radius 2 is 1.52 bits per heavy atom. The van der Waals surface area contributed by atoms with Crippen LogP contribution in [0.15, 0.2) is 12.2 Å². The van der Waals surface area contributed by atoms with Crippen LogP contribution in [0.1, 0.15) is 67.2 Å². The van der Waals surface area contributed by atoms with Crippen LogP contribution in [0.4, 0.5) is 0 Å². The van der Waals surface area contributed by atoms with Crippen molar-refractivity contribution in [3.05, 3.63) is 12.2 Å². The SMILES string of the molecule is CC(C)(C)C(C(C(=O)O)C(=O)OC1CCC2C=CC1CC2)C(C)(C)C. The summed E-state index contributed by atoms with van der Waals surface area (Å²) in [6.07, 6.45) is 8.24. The number of carboxylic acids is 1. The molecule has 0 aromatic carbocycles. The zero-order valence-corrected chi connectivity index (χ0v) is 16.5. The Hall–Kier alpha value is -1.32. The maximum absolute atomic E-state index is 12.9. The van der Waals surface area contributed by atoms with E-state index in [4.69, 9.17) is 4.74 Å². The third-order valence-corrected chi connectivity index (χ3v) is 5.79. The predicted molar refractivity (Wildman–Crippen MR) is 98.0 cm³/mol. The van der Waals surface area contributed by atoms with Crippen LogP contribution in [0, 0.1) is 34.5 Å². The lowest BCUT2D eigenvalue weighted by Crippen LogP contribution is -2.47. The van der Waals surface area contributed by atoms with Crippen molar-refractivity contribution in [1.82, 2.24) is 0 Å². The van der Waals surface area contributed by atoms with Gasteiger partial charge in [-0.3, -0.25) is 9.59 Å². The molecule has 4 heteroatoms. The molecule has 4 unspecified atom stereocenters. The van der Waals surface area contributed by atoms with Crippen molar-refractivity contribution in [1.29, 1.82) is 0 Å². The third kappa shape index (κ3) is 4.65. The molecule has 142 valence electrons. The summed E-state index contributed by atoms with van der Waals surface area (Å²) < 4.78 is 5.83. The second-order valence-electron chi connectivity index (χ2n) is 9.96. The van der Waals surface area contributed by atoms with Gasteiger partial charge in [0.1, 0.15) is 6.10 Å². The quantitative estimate of drug-likeness (QED) is 0.454. The van der Waals surface area contributed by atoms with Gasteiger partial charge in [-0.15, -0.1) is 0 Å². The van der Waals surface area contributed by atoms with Gasteiger partial charge in [-0.1, -0.05) is 53.7 Å². The van der Waals surface area contributed by atoms with E-state index in [1.165, 1.54) is 0 Å². The minimum Gasteiger partial charge on any atom is -0.481 e. The highest BCUT2D eigenvalue weighted by Crippen LogP contribution is 2.46. The molecule has 0 saturated heterocycles. The van der Waals surface area contributed by atoms with Crippen LogP contribution in [0.2, 0.25) is 0 Å². The summed E-state index contributed by atoms with van der Waals surface area (Å²) >= 11 is 0. The molecule has 0 aromatic rings. The van der Waals surface area contributed by atoms with Gasteiger partial charge in [0, 0.05) is 5.92 Å². The van der Waals surface area contributed by atoms with Crippen LogP contribution in [-0.2, 0) is 14.3 Å². The standard InChI is InChI=1S/C21H34O4/c1-20(2,3)17(21(4,5)6)16(18(22)23)19(24)25-15-12-9-13-7-10-14(15)11-8-13/h7,10,13-17H,8-9,11-12H2,1-6H3,(H,22,23). The third-order valence-electron chi connectivity index (χ3n) is 5.79. The number of carbonyl (C=O) groups excluding carboxylic acids is 1. The highest BCUT2D eigenvalue weighted by Gasteiger charge is 2.49. The molecular weight excluding hydrogens is 316 g/mol. The Kier molecular flexibility index (Phi) is 5.70. The van der Waals surface area contributed by atoms with Crippen LogP contribution >= 0.6 is 0 Å². The molecule has 0 radical (unpaired) electrons. The molecule has 0 amide bonds.